The normalized spacial score (nSPS) is 10.8. The van der Waals surface area contributed by atoms with E-state index in [1.54, 1.807) is 13.0 Å². The molecule has 6 heteroatoms. The second kappa shape index (κ2) is 8.83. The van der Waals surface area contributed by atoms with E-state index in [4.69, 9.17) is 15.2 Å². The predicted octanol–water partition coefficient (Wildman–Crippen LogP) is 5.38. The third kappa shape index (κ3) is 4.19. The number of fused-ring (bicyclic) bond motifs is 1. The molecule has 156 valence electrons. The molecule has 0 spiro atoms. The first-order valence-corrected chi connectivity index (χ1v) is 9.89. The minimum absolute atomic E-state index is 0.0481. The van der Waals surface area contributed by atoms with Crippen molar-refractivity contribution in [2.75, 3.05) is 12.3 Å². The van der Waals surface area contributed by atoms with Crippen LogP contribution in [0, 0.1) is 5.82 Å². The fourth-order valence-corrected chi connectivity index (χ4v) is 3.36. The van der Waals surface area contributed by atoms with Crippen LogP contribution in [0.2, 0.25) is 0 Å². The molecule has 0 aliphatic heterocycles. The zero-order chi connectivity index (χ0) is 21.8. The number of pyridine rings is 1. The highest BCUT2D eigenvalue weighted by atomic mass is 19.1. The van der Waals surface area contributed by atoms with Crippen molar-refractivity contribution in [1.82, 2.24) is 4.98 Å². The molecule has 5 nitrogen and oxygen atoms in total. The number of nitrogens with two attached hydrogens (primary N) is 1. The molecule has 0 atom stereocenters. The molecule has 1 heterocycles. The molecule has 0 saturated heterocycles. The van der Waals surface area contributed by atoms with Gasteiger partial charge in [0.05, 0.1) is 12.3 Å². The Bertz CT molecular complexity index is 1240. The molecule has 3 aromatic carbocycles. The highest BCUT2D eigenvalue weighted by Crippen LogP contribution is 2.35. The number of carbonyl (C=O) groups excluding carboxylic acids is 1. The first kappa shape index (κ1) is 20.3. The van der Waals surface area contributed by atoms with Gasteiger partial charge in [-0.3, -0.25) is 4.98 Å². The lowest BCUT2D eigenvalue weighted by molar-refractivity contribution is 0.0526. The van der Waals surface area contributed by atoms with E-state index in [2.05, 4.69) is 4.98 Å². The van der Waals surface area contributed by atoms with Gasteiger partial charge in [0, 0.05) is 11.8 Å². The van der Waals surface area contributed by atoms with Crippen LogP contribution in [0.15, 0.2) is 72.9 Å². The first-order chi connectivity index (χ1) is 15.1. The summed E-state index contributed by atoms with van der Waals surface area (Å²) in [5.41, 5.74) is 7.13. The molecule has 4 aromatic rings. The number of carbonyl (C=O) groups is 1. The van der Waals surface area contributed by atoms with Crippen LogP contribution in [0.25, 0.3) is 22.0 Å². The second-order valence-corrected chi connectivity index (χ2v) is 6.93. The van der Waals surface area contributed by atoms with Crippen molar-refractivity contribution in [3.05, 3.63) is 89.9 Å². The van der Waals surface area contributed by atoms with Crippen LogP contribution in [0.1, 0.15) is 22.8 Å². The van der Waals surface area contributed by atoms with Crippen molar-refractivity contribution in [2.45, 2.75) is 13.5 Å². The molecule has 0 radical (unpaired) electrons. The molecule has 0 aliphatic rings. The van der Waals surface area contributed by atoms with Crippen molar-refractivity contribution in [1.29, 1.82) is 0 Å². The Morgan fingerprint density at radius 2 is 1.81 bits per heavy atom. The molecule has 0 aliphatic carbocycles. The second-order valence-electron chi connectivity index (χ2n) is 6.93. The molecule has 0 unspecified atom stereocenters. The SMILES string of the molecule is CCOC(=O)c1cnc(-c2cc(OCc3ccccc3)cc3ccccc23)c(F)c1N. The maximum absolute atomic E-state index is 15.2. The zero-order valence-corrected chi connectivity index (χ0v) is 17.0. The Labute approximate surface area is 179 Å². The summed E-state index contributed by atoms with van der Waals surface area (Å²) < 4.78 is 26.1. The quantitative estimate of drug-likeness (QED) is 0.427. The molecular formula is C25H21FN2O3. The molecule has 1 aromatic heterocycles. The van der Waals surface area contributed by atoms with E-state index < -0.39 is 11.8 Å². The van der Waals surface area contributed by atoms with Gasteiger partial charge >= 0.3 is 5.97 Å². The highest BCUT2D eigenvalue weighted by Gasteiger charge is 2.21. The molecule has 31 heavy (non-hydrogen) atoms. The summed E-state index contributed by atoms with van der Waals surface area (Å²) in [5, 5.41) is 1.67. The number of hydrogen-bond donors (Lipinski definition) is 1. The number of ether oxygens (including phenoxy) is 2. The molecule has 0 fully saturated rings. The van der Waals surface area contributed by atoms with Crippen LogP contribution >= 0.6 is 0 Å². The van der Waals surface area contributed by atoms with Crippen molar-refractivity contribution in [3.8, 4) is 17.0 Å². The number of benzene rings is 3. The Balaban J connectivity index is 1.78. The molecule has 0 amide bonds. The van der Waals surface area contributed by atoms with E-state index in [0.29, 0.717) is 17.9 Å². The number of esters is 1. The molecule has 4 rings (SSSR count). The van der Waals surface area contributed by atoms with Gasteiger partial charge in [-0.05, 0) is 35.4 Å². The van der Waals surface area contributed by atoms with Gasteiger partial charge in [-0.2, -0.15) is 0 Å². The molecule has 2 N–H and O–H groups in total. The minimum atomic E-state index is -0.768. The number of halogens is 1. The number of hydrogen-bond acceptors (Lipinski definition) is 5. The number of rotatable bonds is 6. The topological polar surface area (TPSA) is 74.4 Å². The Morgan fingerprint density at radius 3 is 2.58 bits per heavy atom. The molecular weight excluding hydrogens is 395 g/mol. The van der Waals surface area contributed by atoms with E-state index in [1.807, 2.05) is 60.7 Å². The smallest absolute Gasteiger partial charge is 0.341 e. The fourth-order valence-electron chi connectivity index (χ4n) is 3.36. The number of nitrogen functional groups attached to an aromatic ring is 1. The Hall–Kier alpha value is -3.93. The maximum atomic E-state index is 15.2. The van der Waals surface area contributed by atoms with Gasteiger partial charge in [-0.1, -0.05) is 54.6 Å². The maximum Gasteiger partial charge on any atom is 0.341 e. The number of nitrogens with zero attached hydrogens (tertiary/aromatic N) is 1. The van der Waals surface area contributed by atoms with Crippen LogP contribution in [0.3, 0.4) is 0 Å². The monoisotopic (exact) mass is 416 g/mol. The lowest BCUT2D eigenvalue weighted by atomic mass is 10.00. The predicted molar refractivity (Wildman–Crippen MR) is 118 cm³/mol. The summed E-state index contributed by atoms with van der Waals surface area (Å²) in [5.74, 6) is -0.898. The van der Waals surface area contributed by atoms with Crippen LogP contribution in [0.4, 0.5) is 10.1 Å². The third-order valence-electron chi connectivity index (χ3n) is 4.89. The third-order valence-corrected chi connectivity index (χ3v) is 4.89. The number of anilines is 1. The van der Waals surface area contributed by atoms with Crippen molar-refractivity contribution in [3.63, 3.8) is 0 Å². The van der Waals surface area contributed by atoms with Crippen LogP contribution in [0.5, 0.6) is 5.75 Å². The van der Waals surface area contributed by atoms with Gasteiger partial charge in [0.15, 0.2) is 5.82 Å². The van der Waals surface area contributed by atoms with Crippen LogP contribution in [-0.2, 0) is 11.3 Å². The molecule has 0 saturated carbocycles. The van der Waals surface area contributed by atoms with Crippen molar-refractivity contribution >= 4 is 22.4 Å². The van der Waals surface area contributed by atoms with E-state index >= 15 is 4.39 Å². The summed E-state index contributed by atoms with van der Waals surface area (Å²) in [6.07, 6.45) is 1.25. The first-order valence-electron chi connectivity index (χ1n) is 9.89. The summed E-state index contributed by atoms with van der Waals surface area (Å²) >= 11 is 0. The van der Waals surface area contributed by atoms with Crippen molar-refractivity contribution in [2.24, 2.45) is 0 Å². The van der Waals surface area contributed by atoms with Gasteiger partial charge < -0.3 is 15.2 Å². The van der Waals surface area contributed by atoms with Crippen LogP contribution < -0.4 is 10.5 Å². The lowest BCUT2D eigenvalue weighted by Crippen LogP contribution is -2.11. The summed E-state index contributed by atoms with van der Waals surface area (Å²) in [4.78, 5) is 16.2. The Kier molecular flexibility index (Phi) is 5.80. The minimum Gasteiger partial charge on any atom is -0.489 e. The average Bonchev–Trinajstić information content (AvgIpc) is 2.80. The highest BCUT2D eigenvalue weighted by molar-refractivity contribution is 5.99. The van der Waals surface area contributed by atoms with E-state index in [9.17, 15) is 4.79 Å². The summed E-state index contributed by atoms with van der Waals surface area (Å²) in [7, 11) is 0. The van der Waals surface area contributed by atoms with E-state index in [0.717, 1.165) is 16.3 Å². The summed E-state index contributed by atoms with van der Waals surface area (Å²) in [6, 6.07) is 21.0. The Morgan fingerprint density at radius 1 is 1.06 bits per heavy atom. The largest absolute Gasteiger partial charge is 0.489 e. The number of aromatic nitrogens is 1. The molecule has 0 bridgehead atoms. The van der Waals surface area contributed by atoms with Gasteiger partial charge in [0.25, 0.3) is 0 Å². The van der Waals surface area contributed by atoms with Crippen molar-refractivity contribution < 1.29 is 18.7 Å². The lowest BCUT2D eigenvalue weighted by Gasteiger charge is -2.14. The van der Waals surface area contributed by atoms with E-state index in [1.165, 1.54) is 6.20 Å². The fraction of sp³-hybridized carbons (Fsp3) is 0.120. The summed E-state index contributed by atoms with van der Waals surface area (Å²) in [6.45, 7) is 2.20. The standard InChI is InChI=1S/C25H21FN2O3/c1-2-30-25(29)21-14-28-24(22(26)23(21)27)20-13-18(12-17-10-6-7-11-19(17)20)31-15-16-8-4-3-5-9-16/h3-14H,2,15H2,1H3,(H2,27,28). The van der Waals surface area contributed by atoms with Gasteiger partial charge in [-0.15, -0.1) is 0 Å². The van der Waals surface area contributed by atoms with E-state index in [-0.39, 0.29) is 23.6 Å². The average molecular weight is 416 g/mol. The van der Waals surface area contributed by atoms with Gasteiger partial charge in [0.2, 0.25) is 0 Å². The zero-order valence-electron chi connectivity index (χ0n) is 17.0. The van der Waals surface area contributed by atoms with Gasteiger partial charge in [-0.25, -0.2) is 9.18 Å². The van der Waals surface area contributed by atoms with Crippen LogP contribution in [-0.4, -0.2) is 17.6 Å². The van der Waals surface area contributed by atoms with Gasteiger partial charge in [0.1, 0.15) is 23.6 Å².